The fourth-order valence-electron chi connectivity index (χ4n) is 3.57. The van der Waals surface area contributed by atoms with Crippen LogP contribution in [0.2, 0.25) is 0 Å². The Hall–Kier alpha value is -2.70. The molecule has 0 spiro atoms. The van der Waals surface area contributed by atoms with Crippen LogP contribution >= 0.6 is 23.5 Å². The predicted octanol–water partition coefficient (Wildman–Crippen LogP) is 2.28. The molecule has 3 atom stereocenters. The Bertz CT molecular complexity index is 1140. The van der Waals surface area contributed by atoms with Crippen molar-refractivity contribution in [2.24, 2.45) is 12.5 Å². The molecule has 4 rings (SSSR count). The molecule has 0 radical (unpaired) electrons. The Morgan fingerprint density at radius 1 is 1.21 bits per heavy atom. The van der Waals surface area contributed by atoms with Gasteiger partial charge in [0.2, 0.25) is 5.16 Å². The second-order valence-electron chi connectivity index (χ2n) is 8.82. The molecule has 12 heteroatoms. The van der Waals surface area contributed by atoms with E-state index in [9.17, 15) is 14.4 Å². The molecule has 1 saturated heterocycles. The molecule has 0 N–H and O–H groups in total. The minimum absolute atomic E-state index is 0.215. The molecule has 10 nitrogen and oxygen atoms in total. The minimum Gasteiger partial charge on any atom is -0.443 e. The van der Waals surface area contributed by atoms with E-state index in [0.29, 0.717) is 16.3 Å². The molecule has 1 aromatic carbocycles. The number of tetrazole rings is 1. The van der Waals surface area contributed by atoms with Gasteiger partial charge in [-0.2, -0.15) is 0 Å². The number of aryl methyl sites for hydroxylation is 1. The summed E-state index contributed by atoms with van der Waals surface area (Å²) in [5.41, 5.74) is -0.387. The summed E-state index contributed by atoms with van der Waals surface area (Å²) in [4.78, 5) is 40.9. The number of amides is 1. The standard InChI is InChI=1S/C22H25N5O5S2/c1-22(2,3)16(28)14-13(11-33-21-23-24-25-26(21)4)20(32-19(30)12-9-7-6-8-10-12)34-18-15(31-5)17(29)27(14)18/h6-10,15,18,20H,11H2,1-5H3/t15-,18-,20?/m0/s1. The summed E-state index contributed by atoms with van der Waals surface area (Å²) in [5, 5.41) is 11.5. The number of hydrogen-bond acceptors (Lipinski definition) is 10. The number of methoxy groups -OCH3 is 1. The van der Waals surface area contributed by atoms with E-state index in [-0.39, 0.29) is 23.1 Å². The number of Topliss-reactive ketones (excluding diaryl/α,β-unsaturated/α-hetero) is 1. The van der Waals surface area contributed by atoms with E-state index in [4.69, 9.17) is 9.47 Å². The van der Waals surface area contributed by atoms with E-state index >= 15 is 0 Å². The molecular formula is C22H25N5O5S2. The van der Waals surface area contributed by atoms with Crippen LogP contribution in [0.15, 0.2) is 46.8 Å². The zero-order chi connectivity index (χ0) is 24.6. The molecule has 2 aliphatic heterocycles. The molecule has 0 saturated carbocycles. The highest BCUT2D eigenvalue weighted by atomic mass is 32.2. The van der Waals surface area contributed by atoms with Crippen molar-refractivity contribution >= 4 is 41.2 Å². The number of nitrogens with zero attached hydrogens (tertiary/aromatic N) is 5. The van der Waals surface area contributed by atoms with Crippen LogP contribution in [0.5, 0.6) is 0 Å². The Morgan fingerprint density at radius 2 is 1.91 bits per heavy atom. The third-order valence-corrected chi connectivity index (χ3v) is 7.82. The van der Waals surface area contributed by atoms with Crippen LogP contribution in [0.3, 0.4) is 0 Å². The number of aromatic nitrogens is 4. The third-order valence-electron chi connectivity index (χ3n) is 5.40. The van der Waals surface area contributed by atoms with Crippen LogP contribution in [-0.4, -0.2) is 72.5 Å². The van der Waals surface area contributed by atoms with Crippen LogP contribution in [0, 0.1) is 5.41 Å². The van der Waals surface area contributed by atoms with Crippen LogP contribution in [-0.2, 0) is 26.1 Å². The zero-order valence-electron chi connectivity index (χ0n) is 19.4. The summed E-state index contributed by atoms with van der Waals surface area (Å²) in [5.74, 6) is -0.771. The lowest BCUT2D eigenvalue weighted by atomic mass is 9.85. The lowest BCUT2D eigenvalue weighted by Gasteiger charge is -2.51. The molecule has 1 fully saturated rings. The van der Waals surface area contributed by atoms with Crippen molar-refractivity contribution in [1.29, 1.82) is 0 Å². The topological polar surface area (TPSA) is 117 Å². The fourth-order valence-corrected chi connectivity index (χ4v) is 6.02. The van der Waals surface area contributed by atoms with E-state index < -0.39 is 28.3 Å². The number of fused-ring (bicyclic) bond motifs is 1. The number of ketones is 1. The lowest BCUT2D eigenvalue weighted by molar-refractivity contribution is -0.160. The zero-order valence-corrected chi connectivity index (χ0v) is 21.1. The molecule has 180 valence electrons. The van der Waals surface area contributed by atoms with Crippen molar-refractivity contribution in [3.8, 4) is 0 Å². The first kappa shape index (κ1) is 24.4. The minimum atomic E-state index is -0.797. The monoisotopic (exact) mass is 503 g/mol. The lowest BCUT2D eigenvalue weighted by Crippen LogP contribution is -2.67. The largest absolute Gasteiger partial charge is 0.443 e. The summed E-state index contributed by atoms with van der Waals surface area (Å²) in [6.45, 7) is 5.37. The van der Waals surface area contributed by atoms with Crippen molar-refractivity contribution < 1.29 is 23.9 Å². The first-order valence-corrected chi connectivity index (χ1v) is 12.5. The van der Waals surface area contributed by atoms with Crippen molar-refractivity contribution in [3.63, 3.8) is 0 Å². The van der Waals surface area contributed by atoms with Gasteiger partial charge in [0.25, 0.3) is 5.91 Å². The number of ether oxygens (including phenoxy) is 2. The normalized spacial score (nSPS) is 22.3. The summed E-state index contributed by atoms with van der Waals surface area (Å²) >= 11 is 2.57. The van der Waals surface area contributed by atoms with Gasteiger partial charge in [0.05, 0.1) is 11.3 Å². The van der Waals surface area contributed by atoms with Crippen LogP contribution in [0.25, 0.3) is 0 Å². The summed E-state index contributed by atoms with van der Waals surface area (Å²) in [7, 11) is 3.16. The SMILES string of the molecule is CO[C@H]1C(=O)N2C(C(=O)C(C)(C)C)=C(CSc3nnnn3C)C(OC(=O)c3ccccc3)S[C@@H]12. The predicted molar refractivity (Wildman–Crippen MR) is 126 cm³/mol. The molecule has 0 aliphatic carbocycles. The van der Waals surface area contributed by atoms with Crippen molar-refractivity contribution in [2.75, 3.05) is 12.9 Å². The maximum Gasteiger partial charge on any atom is 0.339 e. The van der Waals surface area contributed by atoms with Gasteiger partial charge in [-0.05, 0) is 22.6 Å². The number of rotatable bonds is 7. The number of thioether (sulfide) groups is 2. The molecule has 3 heterocycles. The highest BCUT2D eigenvalue weighted by Crippen LogP contribution is 2.48. The van der Waals surface area contributed by atoms with Crippen LogP contribution in [0.4, 0.5) is 0 Å². The number of hydrogen-bond donors (Lipinski definition) is 0. The van der Waals surface area contributed by atoms with Gasteiger partial charge < -0.3 is 9.47 Å². The van der Waals surface area contributed by atoms with E-state index in [2.05, 4.69) is 15.5 Å². The first-order valence-electron chi connectivity index (χ1n) is 10.5. The maximum atomic E-state index is 13.6. The van der Waals surface area contributed by atoms with E-state index in [1.165, 1.54) is 40.2 Å². The van der Waals surface area contributed by atoms with Gasteiger partial charge in [-0.1, -0.05) is 62.5 Å². The molecule has 0 bridgehead atoms. The molecular weight excluding hydrogens is 478 g/mol. The van der Waals surface area contributed by atoms with Gasteiger partial charge in [0.15, 0.2) is 17.3 Å². The van der Waals surface area contributed by atoms with Crippen LogP contribution in [0.1, 0.15) is 31.1 Å². The average Bonchev–Trinajstić information content (AvgIpc) is 3.21. The number of esters is 1. The number of carbonyl (C=O) groups excluding carboxylic acids is 3. The van der Waals surface area contributed by atoms with Gasteiger partial charge in [0.1, 0.15) is 5.37 Å². The molecule has 1 aromatic heterocycles. The smallest absolute Gasteiger partial charge is 0.339 e. The number of allylic oxidation sites excluding steroid dienone is 1. The van der Waals surface area contributed by atoms with Crippen LogP contribution < -0.4 is 0 Å². The van der Waals surface area contributed by atoms with Gasteiger partial charge >= 0.3 is 5.97 Å². The second-order valence-corrected chi connectivity index (χ2v) is 10.9. The van der Waals surface area contributed by atoms with Crippen molar-refractivity contribution in [1.82, 2.24) is 25.1 Å². The van der Waals surface area contributed by atoms with E-state index in [0.717, 1.165) is 0 Å². The summed E-state index contributed by atoms with van der Waals surface area (Å²) < 4.78 is 12.8. The highest BCUT2D eigenvalue weighted by Gasteiger charge is 2.57. The van der Waals surface area contributed by atoms with Gasteiger partial charge in [-0.3, -0.25) is 14.5 Å². The average molecular weight is 504 g/mol. The Balaban J connectivity index is 1.76. The Kier molecular flexibility index (Phi) is 6.83. The van der Waals surface area contributed by atoms with E-state index in [1.807, 2.05) is 6.07 Å². The fraction of sp³-hybridized carbons (Fsp3) is 0.455. The highest BCUT2D eigenvalue weighted by molar-refractivity contribution is 8.01. The van der Waals surface area contributed by atoms with Gasteiger partial charge in [0, 0.05) is 30.9 Å². The number of β-lactam (4-membered cyclic amide) rings is 1. The van der Waals surface area contributed by atoms with Gasteiger partial charge in [-0.15, -0.1) is 5.10 Å². The van der Waals surface area contributed by atoms with Gasteiger partial charge in [-0.25, -0.2) is 9.48 Å². The van der Waals surface area contributed by atoms with E-state index in [1.54, 1.807) is 52.1 Å². The Morgan fingerprint density at radius 3 is 2.50 bits per heavy atom. The molecule has 1 amide bonds. The number of carbonyl (C=O) groups is 3. The quantitative estimate of drug-likeness (QED) is 0.316. The maximum absolute atomic E-state index is 13.6. The molecule has 2 aliphatic rings. The molecule has 1 unspecified atom stereocenters. The first-order chi connectivity index (χ1) is 16.1. The van der Waals surface area contributed by atoms with Crippen molar-refractivity contribution in [2.45, 2.75) is 42.8 Å². The summed E-state index contributed by atoms with van der Waals surface area (Å²) in [6.07, 6.45) is -0.720. The molecule has 34 heavy (non-hydrogen) atoms. The van der Waals surface area contributed by atoms with Crippen molar-refractivity contribution in [3.05, 3.63) is 47.2 Å². The third kappa shape index (κ3) is 4.49. The second kappa shape index (κ2) is 9.51. The number of benzene rings is 1. The summed E-state index contributed by atoms with van der Waals surface area (Å²) in [6, 6.07) is 8.64. The Labute approximate surface area is 205 Å². The molecule has 2 aromatic rings.